The van der Waals surface area contributed by atoms with E-state index < -0.39 is 6.10 Å². The first kappa shape index (κ1) is 16.5. The minimum Gasteiger partial charge on any atom is -0.497 e. The SMILES string of the molecule is COc1ccc2c(c1)CN(C(=O)[C@@H](C)OC)[C@@H](c1ccccc1)C2. The first-order valence-electron chi connectivity index (χ1n) is 8.18. The van der Waals surface area contributed by atoms with Crippen molar-refractivity contribution in [1.29, 1.82) is 0 Å². The van der Waals surface area contributed by atoms with Gasteiger partial charge >= 0.3 is 0 Å². The van der Waals surface area contributed by atoms with Crippen molar-refractivity contribution >= 4 is 5.91 Å². The van der Waals surface area contributed by atoms with Gasteiger partial charge in [0.2, 0.25) is 0 Å². The van der Waals surface area contributed by atoms with Gasteiger partial charge in [0.05, 0.1) is 13.2 Å². The number of hydrogen-bond donors (Lipinski definition) is 0. The number of carbonyl (C=O) groups excluding carboxylic acids is 1. The molecule has 0 bridgehead atoms. The Hall–Kier alpha value is -2.33. The van der Waals surface area contributed by atoms with Crippen molar-refractivity contribution in [3.8, 4) is 5.75 Å². The van der Waals surface area contributed by atoms with Crippen molar-refractivity contribution in [1.82, 2.24) is 4.90 Å². The number of benzene rings is 2. The van der Waals surface area contributed by atoms with Crippen LogP contribution < -0.4 is 4.74 Å². The molecule has 0 N–H and O–H groups in total. The van der Waals surface area contributed by atoms with Crippen LogP contribution in [-0.4, -0.2) is 31.1 Å². The zero-order valence-electron chi connectivity index (χ0n) is 14.4. The summed E-state index contributed by atoms with van der Waals surface area (Å²) in [6, 6.07) is 16.3. The molecule has 0 aliphatic carbocycles. The number of ether oxygens (including phenoxy) is 2. The Morgan fingerprint density at radius 1 is 1.12 bits per heavy atom. The molecule has 0 fully saturated rings. The van der Waals surface area contributed by atoms with Crippen LogP contribution in [-0.2, 0) is 22.5 Å². The summed E-state index contributed by atoms with van der Waals surface area (Å²) >= 11 is 0. The average Bonchev–Trinajstić information content (AvgIpc) is 2.65. The fraction of sp³-hybridized carbons (Fsp3) is 0.350. The molecule has 2 atom stereocenters. The van der Waals surface area contributed by atoms with Crippen LogP contribution in [0.2, 0.25) is 0 Å². The summed E-state index contributed by atoms with van der Waals surface area (Å²) in [6.45, 7) is 2.37. The first-order valence-corrected chi connectivity index (χ1v) is 8.18. The first-order chi connectivity index (χ1) is 11.6. The molecule has 0 radical (unpaired) electrons. The highest BCUT2D eigenvalue weighted by Crippen LogP contribution is 2.35. The molecule has 1 aliphatic heterocycles. The van der Waals surface area contributed by atoms with Gasteiger partial charge in [-0.15, -0.1) is 0 Å². The van der Waals surface area contributed by atoms with Crippen LogP contribution in [0.3, 0.4) is 0 Å². The Morgan fingerprint density at radius 2 is 1.88 bits per heavy atom. The molecule has 0 spiro atoms. The summed E-state index contributed by atoms with van der Waals surface area (Å²) in [4.78, 5) is 14.8. The third-order valence-electron chi connectivity index (χ3n) is 4.71. The molecular weight excluding hydrogens is 302 g/mol. The number of amides is 1. The fourth-order valence-corrected chi connectivity index (χ4v) is 3.23. The lowest BCUT2D eigenvalue weighted by atomic mass is 9.89. The van der Waals surface area contributed by atoms with Crippen LogP contribution in [0, 0.1) is 0 Å². The smallest absolute Gasteiger partial charge is 0.252 e. The number of hydrogen-bond acceptors (Lipinski definition) is 3. The van der Waals surface area contributed by atoms with Gasteiger partial charge in [-0.3, -0.25) is 4.79 Å². The number of carbonyl (C=O) groups is 1. The molecule has 4 nitrogen and oxygen atoms in total. The Labute approximate surface area is 143 Å². The van der Waals surface area contributed by atoms with Gasteiger partial charge in [0.15, 0.2) is 0 Å². The van der Waals surface area contributed by atoms with E-state index in [2.05, 4.69) is 18.2 Å². The Bertz CT molecular complexity index is 714. The van der Waals surface area contributed by atoms with Gasteiger partial charge in [-0.2, -0.15) is 0 Å². The predicted octanol–water partition coefficient (Wildman–Crippen LogP) is 3.36. The molecular formula is C20H23NO3. The van der Waals surface area contributed by atoms with Crippen molar-refractivity contribution in [2.45, 2.75) is 32.0 Å². The second kappa shape index (κ2) is 7.05. The highest BCUT2D eigenvalue weighted by Gasteiger charge is 2.33. The van der Waals surface area contributed by atoms with E-state index in [1.807, 2.05) is 35.2 Å². The van der Waals surface area contributed by atoms with Crippen molar-refractivity contribution in [3.63, 3.8) is 0 Å². The minimum absolute atomic E-state index is 0.0137. The van der Waals surface area contributed by atoms with Crippen molar-refractivity contribution < 1.29 is 14.3 Å². The Morgan fingerprint density at radius 3 is 2.54 bits per heavy atom. The molecule has 0 aromatic heterocycles. The van der Waals surface area contributed by atoms with Crippen LogP contribution in [0.25, 0.3) is 0 Å². The maximum absolute atomic E-state index is 12.8. The highest BCUT2D eigenvalue weighted by molar-refractivity contribution is 5.81. The van der Waals surface area contributed by atoms with Crippen LogP contribution in [0.5, 0.6) is 5.75 Å². The molecule has 0 saturated carbocycles. The van der Waals surface area contributed by atoms with Crippen LogP contribution >= 0.6 is 0 Å². The lowest BCUT2D eigenvalue weighted by Crippen LogP contribution is -2.43. The van der Waals surface area contributed by atoms with E-state index in [0.717, 1.165) is 23.3 Å². The summed E-state index contributed by atoms with van der Waals surface area (Å²) in [5.74, 6) is 0.832. The number of fused-ring (bicyclic) bond motifs is 1. The maximum Gasteiger partial charge on any atom is 0.252 e. The molecule has 3 rings (SSSR count). The quantitative estimate of drug-likeness (QED) is 0.865. The van der Waals surface area contributed by atoms with Crippen molar-refractivity contribution in [3.05, 3.63) is 65.2 Å². The van der Waals surface area contributed by atoms with Gasteiger partial charge in [0.25, 0.3) is 5.91 Å². The topological polar surface area (TPSA) is 38.8 Å². The molecule has 1 heterocycles. The molecule has 24 heavy (non-hydrogen) atoms. The van der Waals surface area contributed by atoms with E-state index in [9.17, 15) is 4.79 Å². The van der Waals surface area contributed by atoms with Gasteiger partial charge in [0, 0.05) is 13.7 Å². The van der Waals surface area contributed by atoms with E-state index in [1.165, 1.54) is 5.56 Å². The van der Waals surface area contributed by atoms with Gasteiger partial charge in [-0.05, 0) is 42.2 Å². The minimum atomic E-state index is -0.455. The molecule has 4 heteroatoms. The number of nitrogens with zero attached hydrogens (tertiary/aromatic N) is 1. The standard InChI is InChI=1S/C20H23NO3/c1-14(23-2)20(22)21-13-17-11-18(24-3)10-9-16(17)12-19(21)15-7-5-4-6-8-15/h4-11,14,19H,12-13H2,1-3H3/t14-,19-/m1/s1. The number of rotatable bonds is 4. The highest BCUT2D eigenvalue weighted by atomic mass is 16.5. The van der Waals surface area contributed by atoms with Crippen LogP contribution in [0.1, 0.15) is 29.7 Å². The summed E-state index contributed by atoms with van der Waals surface area (Å²) in [6.07, 6.45) is 0.342. The van der Waals surface area contributed by atoms with Crippen LogP contribution in [0.4, 0.5) is 0 Å². The van der Waals surface area contributed by atoms with Gasteiger partial charge in [-0.1, -0.05) is 36.4 Å². The Kier molecular flexibility index (Phi) is 4.86. The summed E-state index contributed by atoms with van der Waals surface area (Å²) in [7, 11) is 3.23. The second-order valence-electron chi connectivity index (χ2n) is 6.11. The summed E-state index contributed by atoms with van der Waals surface area (Å²) in [5, 5.41) is 0. The molecule has 1 aliphatic rings. The Balaban J connectivity index is 2.00. The van der Waals surface area contributed by atoms with E-state index in [1.54, 1.807) is 21.1 Å². The van der Waals surface area contributed by atoms with Gasteiger partial charge in [-0.25, -0.2) is 0 Å². The predicted molar refractivity (Wildman–Crippen MR) is 92.9 cm³/mol. The van der Waals surface area contributed by atoms with E-state index in [0.29, 0.717) is 6.54 Å². The van der Waals surface area contributed by atoms with E-state index in [-0.39, 0.29) is 11.9 Å². The average molecular weight is 325 g/mol. The zero-order chi connectivity index (χ0) is 17.1. The lowest BCUT2D eigenvalue weighted by molar-refractivity contribution is -0.144. The molecule has 0 unspecified atom stereocenters. The number of methoxy groups -OCH3 is 2. The monoisotopic (exact) mass is 325 g/mol. The van der Waals surface area contributed by atoms with Crippen LogP contribution in [0.15, 0.2) is 48.5 Å². The molecule has 126 valence electrons. The summed E-state index contributed by atoms with van der Waals surface area (Å²) < 4.78 is 10.6. The second-order valence-corrected chi connectivity index (χ2v) is 6.11. The third kappa shape index (κ3) is 3.15. The molecule has 2 aromatic carbocycles. The molecule has 2 aromatic rings. The van der Waals surface area contributed by atoms with Gasteiger partial charge in [0.1, 0.15) is 11.9 Å². The largest absolute Gasteiger partial charge is 0.497 e. The summed E-state index contributed by atoms with van der Waals surface area (Å²) in [5.41, 5.74) is 3.55. The van der Waals surface area contributed by atoms with E-state index in [4.69, 9.17) is 9.47 Å². The van der Waals surface area contributed by atoms with Crippen molar-refractivity contribution in [2.75, 3.05) is 14.2 Å². The van der Waals surface area contributed by atoms with E-state index >= 15 is 0 Å². The van der Waals surface area contributed by atoms with Crippen molar-refractivity contribution in [2.24, 2.45) is 0 Å². The zero-order valence-corrected chi connectivity index (χ0v) is 14.4. The molecule has 1 amide bonds. The third-order valence-corrected chi connectivity index (χ3v) is 4.71. The molecule has 0 saturated heterocycles. The normalized spacial score (nSPS) is 18.0. The lowest BCUT2D eigenvalue weighted by Gasteiger charge is -2.38. The fourth-order valence-electron chi connectivity index (χ4n) is 3.23. The maximum atomic E-state index is 12.8. The van der Waals surface area contributed by atoms with Gasteiger partial charge < -0.3 is 14.4 Å².